The summed E-state index contributed by atoms with van der Waals surface area (Å²) in [5.74, 6) is 0.856. The standard InChI is InChI=1S/C17H36N2O/c1-5-19(10-7-11-20)14-17(13-18-15(2)3)9-6-8-16(4)12-17/h15-16,18,20H,5-14H2,1-4H3. The number of aliphatic hydroxyl groups excluding tert-OH is 1. The van der Waals surface area contributed by atoms with Crippen LogP contribution in [0.15, 0.2) is 0 Å². The number of aliphatic hydroxyl groups is 1. The molecule has 0 amide bonds. The third-order valence-electron chi connectivity index (χ3n) is 4.71. The topological polar surface area (TPSA) is 35.5 Å². The van der Waals surface area contributed by atoms with Crippen LogP contribution in [0.25, 0.3) is 0 Å². The Hall–Kier alpha value is -0.120. The largest absolute Gasteiger partial charge is 0.396 e. The highest BCUT2D eigenvalue weighted by molar-refractivity contribution is 4.90. The minimum absolute atomic E-state index is 0.310. The van der Waals surface area contributed by atoms with Gasteiger partial charge in [0.25, 0.3) is 0 Å². The minimum atomic E-state index is 0.310. The lowest BCUT2D eigenvalue weighted by Crippen LogP contribution is -2.48. The molecule has 0 aromatic heterocycles. The van der Waals surface area contributed by atoms with Gasteiger partial charge in [-0.25, -0.2) is 0 Å². The molecule has 0 bridgehead atoms. The fourth-order valence-corrected chi connectivity index (χ4v) is 3.67. The highest BCUT2D eigenvalue weighted by atomic mass is 16.3. The van der Waals surface area contributed by atoms with E-state index < -0.39 is 0 Å². The van der Waals surface area contributed by atoms with Crippen molar-refractivity contribution >= 4 is 0 Å². The average molecular weight is 284 g/mol. The van der Waals surface area contributed by atoms with E-state index in [0.717, 1.165) is 32.0 Å². The molecule has 0 heterocycles. The summed E-state index contributed by atoms with van der Waals surface area (Å²) in [4.78, 5) is 2.54. The van der Waals surface area contributed by atoms with E-state index in [-0.39, 0.29) is 0 Å². The molecule has 3 heteroatoms. The van der Waals surface area contributed by atoms with Gasteiger partial charge < -0.3 is 15.3 Å². The zero-order chi connectivity index (χ0) is 15.0. The van der Waals surface area contributed by atoms with Crippen molar-refractivity contribution in [3.63, 3.8) is 0 Å². The van der Waals surface area contributed by atoms with Crippen LogP contribution in [0.4, 0.5) is 0 Å². The van der Waals surface area contributed by atoms with E-state index >= 15 is 0 Å². The van der Waals surface area contributed by atoms with Crippen molar-refractivity contribution in [1.82, 2.24) is 10.2 Å². The molecule has 1 aliphatic carbocycles. The third kappa shape index (κ3) is 6.11. The van der Waals surface area contributed by atoms with E-state index in [4.69, 9.17) is 5.11 Å². The number of nitrogens with one attached hydrogen (secondary N) is 1. The first-order valence-corrected chi connectivity index (χ1v) is 8.58. The molecular weight excluding hydrogens is 248 g/mol. The fraction of sp³-hybridized carbons (Fsp3) is 1.00. The summed E-state index contributed by atoms with van der Waals surface area (Å²) in [7, 11) is 0. The molecule has 1 fully saturated rings. The van der Waals surface area contributed by atoms with Crippen LogP contribution in [0, 0.1) is 11.3 Å². The molecule has 120 valence electrons. The predicted molar refractivity (Wildman–Crippen MR) is 87.0 cm³/mol. The van der Waals surface area contributed by atoms with Gasteiger partial charge in [0.05, 0.1) is 0 Å². The Balaban J connectivity index is 2.64. The van der Waals surface area contributed by atoms with Crippen LogP contribution in [0.5, 0.6) is 0 Å². The predicted octanol–water partition coefficient (Wildman–Crippen LogP) is 2.89. The number of nitrogens with zero attached hydrogens (tertiary/aromatic N) is 1. The van der Waals surface area contributed by atoms with Gasteiger partial charge >= 0.3 is 0 Å². The first-order chi connectivity index (χ1) is 9.51. The van der Waals surface area contributed by atoms with Gasteiger partial charge in [0, 0.05) is 32.3 Å². The molecule has 0 radical (unpaired) electrons. The molecule has 2 N–H and O–H groups in total. The van der Waals surface area contributed by atoms with Crippen LogP contribution in [-0.4, -0.2) is 48.8 Å². The van der Waals surface area contributed by atoms with Gasteiger partial charge in [-0.15, -0.1) is 0 Å². The van der Waals surface area contributed by atoms with Gasteiger partial charge in [0.1, 0.15) is 0 Å². The van der Waals surface area contributed by atoms with Crippen molar-refractivity contribution in [1.29, 1.82) is 0 Å². The number of hydrogen-bond donors (Lipinski definition) is 2. The molecule has 1 saturated carbocycles. The first-order valence-electron chi connectivity index (χ1n) is 8.58. The van der Waals surface area contributed by atoms with Gasteiger partial charge in [-0.1, -0.05) is 40.5 Å². The van der Waals surface area contributed by atoms with E-state index in [1.165, 1.54) is 32.2 Å². The van der Waals surface area contributed by atoms with Crippen molar-refractivity contribution in [3.8, 4) is 0 Å². The SMILES string of the molecule is CCN(CCCO)CC1(CNC(C)C)CCCC(C)C1. The lowest BCUT2D eigenvalue weighted by atomic mass is 9.69. The third-order valence-corrected chi connectivity index (χ3v) is 4.71. The van der Waals surface area contributed by atoms with E-state index in [9.17, 15) is 0 Å². The average Bonchev–Trinajstić information content (AvgIpc) is 2.41. The molecule has 2 atom stereocenters. The maximum Gasteiger partial charge on any atom is 0.0443 e. The molecule has 0 aromatic rings. The summed E-state index contributed by atoms with van der Waals surface area (Å²) >= 11 is 0. The lowest BCUT2D eigenvalue weighted by molar-refractivity contribution is 0.0770. The Kier molecular flexibility index (Phi) is 8.08. The van der Waals surface area contributed by atoms with Crippen LogP contribution in [-0.2, 0) is 0 Å². The number of rotatable bonds is 9. The van der Waals surface area contributed by atoms with Crippen molar-refractivity contribution in [2.75, 3.05) is 32.8 Å². The monoisotopic (exact) mass is 284 g/mol. The molecule has 0 aromatic carbocycles. The molecule has 2 unspecified atom stereocenters. The van der Waals surface area contributed by atoms with E-state index in [2.05, 4.69) is 37.9 Å². The van der Waals surface area contributed by atoms with Crippen LogP contribution in [0.1, 0.15) is 59.8 Å². The summed E-state index contributed by atoms with van der Waals surface area (Å²) < 4.78 is 0. The van der Waals surface area contributed by atoms with Crippen LogP contribution in [0.3, 0.4) is 0 Å². The molecule has 1 rings (SSSR count). The molecule has 3 nitrogen and oxygen atoms in total. The van der Waals surface area contributed by atoms with Crippen molar-refractivity contribution in [2.24, 2.45) is 11.3 Å². The smallest absolute Gasteiger partial charge is 0.0443 e. The van der Waals surface area contributed by atoms with Crippen LogP contribution >= 0.6 is 0 Å². The van der Waals surface area contributed by atoms with Crippen molar-refractivity contribution in [3.05, 3.63) is 0 Å². The van der Waals surface area contributed by atoms with Crippen molar-refractivity contribution in [2.45, 2.75) is 65.8 Å². The van der Waals surface area contributed by atoms with Gasteiger partial charge in [-0.2, -0.15) is 0 Å². The Morgan fingerprint density at radius 3 is 2.70 bits per heavy atom. The second-order valence-electron chi connectivity index (χ2n) is 7.18. The summed E-state index contributed by atoms with van der Waals surface area (Å²) in [6.45, 7) is 13.9. The highest BCUT2D eigenvalue weighted by Crippen LogP contribution is 2.39. The van der Waals surface area contributed by atoms with Gasteiger partial charge in [-0.05, 0) is 37.1 Å². The lowest BCUT2D eigenvalue weighted by Gasteiger charge is -2.44. The Bertz CT molecular complexity index is 257. The Labute approximate surface area is 126 Å². The molecule has 20 heavy (non-hydrogen) atoms. The maximum atomic E-state index is 9.06. The summed E-state index contributed by atoms with van der Waals surface area (Å²) in [5.41, 5.74) is 0.438. The number of hydrogen-bond acceptors (Lipinski definition) is 3. The van der Waals surface area contributed by atoms with Crippen molar-refractivity contribution < 1.29 is 5.11 Å². The summed E-state index contributed by atoms with van der Waals surface area (Å²) in [6.07, 6.45) is 6.37. The van der Waals surface area contributed by atoms with Gasteiger partial charge in [-0.3, -0.25) is 0 Å². The molecule has 1 aliphatic rings. The van der Waals surface area contributed by atoms with Gasteiger partial charge in [0.15, 0.2) is 0 Å². The van der Waals surface area contributed by atoms with Crippen LogP contribution < -0.4 is 5.32 Å². The highest BCUT2D eigenvalue weighted by Gasteiger charge is 2.36. The Morgan fingerprint density at radius 2 is 2.15 bits per heavy atom. The van der Waals surface area contributed by atoms with E-state index in [1.807, 2.05) is 0 Å². The second-order valence-corrected chi connectivity index (χ2v) is 7.18. The summed E-state index contributed by atoms with van der Waals surface area (Å²) in [6, 6.07) is 0.566. The second kappa shape index (κ2) is 9.01. The Morgan fingerprint density at radius 1 is 1.40 bits per heavy atom. The molecular formula is C17H36N2O. The van der Waals surface area contributed by atoms with E-state index in [1.54, 1.807) is 0 Å². The summed E-state index contributed by atoms with van der Waals surface area (Å²) in [5, 5.41) is 12.7. The quantitative estimate of drug-likeness (QED) is 0.683. The zero-order valence-corrected chi connectivity index (χ0v) is 14.1. The normalized spacial score (nSPS) is 27.4. The molecule has 0 aliphatic heterocycles. The first kappa shape index (κ1) is 17.9. The van der Waals surface area contributed by atoms with E-state index in [0.29, 0.717) is 18.1 Å². The fourth-order valence-electron chi connectivity index (χ4n) is 3.67. The maximum absolute atomic E-state index is 9.06. The van der Waals surface area contributed by atoms with Crippen LogP contribution in [0.2, 0.25) is 0 Å². The zero-order valence-electron chi connectivity index (χ0n) is 14.1. The van der Waals surface area contributed by atoms with Gasteiger partial charge in [0.2, 0.25) is 0 Å². The minimum Gasteiger partial charge on any atom is -0.396 e. The molecule has 0 spiro atoms. The molecule has 0 saturated heterocycles.